The number of carbonyl (C=O) groups excluding carboxylic acids is 1. The van der Waals surface area contributed by atoms with Gasteiger partial charge in [0.15, 0.2) is 0 Å². The minimum absolute atomic E-state index is 0.113. The molecule has 2 heterocycles. The Labute approximate surface area is 108 Å². The minimum Gasteiger partial charge on any atom is -0.356 e. The van der Waals surface area contributed by atoms with Crippen molar-refractivity contribution in [3.05, 3.63) is 18.2 Å². The Kier molecular flexibility index (Phi) is 4.75. The molecule has 1 aromatic heterocycles. The molecule has 1 saturated heterocycles. The van der Waals surface area contributed by atoms with Gasteiger partial charge in [0, 0.05) is 37.3 Å². The van der Waals surface area contributed by atoms with Crippen LogP contribution in [0.3, 0.4) is 0 Å². The molecule has 1 aliphatic rings. The lowest BCUT2D eigenvalue weighted by molar-refractivity contribution is -0.121. The predicted octanol–water partition coefficient (Wildman–Crippen LogP) is 0.876. The molecule has 0 bridgehead atoms. The molecular formula is C13H22N4O. The Hall–Kier alpha value is -1.36. The SMILES string of the molecule is CCNC(=O)CCn1cncc1C1CCNCC1. The number of amides is 1. The zero-order valence-corrected chi connectivity index (χ0v) is 11.0. The maximum atomic E-state index is 11.5. The summed E-state index contributed by atoms with van der Waals surface area (Å²) in [6, 6.07) is 0. The van der Waals surface area contributed by atoms with Gasteiger partial charge in [-0.05, 0) is 32.9 Å². The Bertz CT molecular complexity index is 382. The molecule has 2 rings (SSSR count). The van der Waals surface area contributed by atoms with Gasteiger partial charge in [-0.25, -0.2) is 4.98 Å². The summed E-state index contributed by atoms with van der Waals surface area (Å²) in [4.78, 5) is 15.7. The van der Waals surface area contributed by atoms with Crippen LogP contribution >= 0.6 is 0 Å². The molecule has 0 aromatic carbocycles. The molecule has 2 N–H and O–H groups in total. The van der Waals surface area contributed by atoms with Gasteiger partial charge in [0.05, 0.1) is 6.33 Å². The molecule has 1 aliphatic heterocycles. The van der Waals surface area contributed by atoms with E-state index in [0.717, 1.165) is 32.5 Å². The molecule has 0 unspecified atom stereocenters. The Morgan fingerprint density at radius 2 is 2.33 bits per heavy atom. The molecule has 5 heteroatoms. The van der Waals surface area contributed by atoms with Crippen LogP contribution in [0.15, 0.2) is 12.5 Å². The van der Waals surface area contributed by atoms with Gasteiger partial charge >= 0.3 is 0 Å². The third-order valence-electron chi connectivity index (χ3n) is 3.46. The number of hydrogen-bond acceptors (Lipinski definition) is 3. The molecule has 5 nitrogen and oxygen atoms in total. The molecule has 0 atom stereocenters. The van der Waals surface area contributed by atoms with Crippen molar-refractivity contribution in [2.24, 2.45) is 0 Å². The first-order valence-electron chi connectivity index (χ1n) is 6.78. The van der Waals surface area contributed by atoms with Crippen LogP contribution in [-0.2, 0) is 11.3 Å². The van der Waals surface area contributed by atoms with Crippen molar-refractivity contribution in [2.75, 3.05) is 19.6 Å². The fourth-order valence-electron chi connectivity index (χ4n) is 2.48. The molecule has 0 spiro atoms. The largest absolute Gasteiger partial charge is 0.356 e. The second-order valence-corrected chi connectivity index (χ2v) is 4.74. The van der Waals surface area contributed by atoms with Crippen LogP contribution in [0.4, 0.5) is 0 Å². The molecule has 0 aliphatic carbocycles. The van der Waals surface area contributed by atoms with Crippen molar-refractivity contribution in [3.8, 4) is 0 Å². The van der Waals surface area contributed by atoms with Crippen LogP contribution in [0.2, 0.25) is 0 Å². The number of piperidine rings is 1. The van der Waals surface area contributed by atoms with Crippen molar-refractivity contribution in [2.45, 2.75) is 38.6 Å². The molecule has 18 heavy (non-hydrogen) atoms. The second kappa shape index (κ2) is 6.54. The summed E-state index contributed by atoms with van der Waals surface area (Å²) >= 11 is 0. The summed E-state index contributed by atoms with van der Waals surface area (Å²) in [7, 11) is 0. The lowest BCUT2D eigenvalue weighted by Crippen LogP contribution is -2.28. The zero-order valence-electron chi connectivity index (χ0n) is 11.0. The van der Waals surface area contributed by atoms with Gasteiger partial charge in [-0.1, -0.05) is 0 Å². The van der Waals surface area contributed by atoms with E-state index >= 15 is 0 Å². The number of imidazole rings is 1. The van der Waals surface area contributed by atoms with E-state index < -0.39 is 0 Å². The molecule has 1 amide bonds. The first-order valence-corrected chi connectivity index (χ1v) is 6.78. The fraction of sp³-hybridized carbons (Fsp3) is 0.692. The molecule has 1 fully saturated rings. The third kappa shape index (κ3) is 3.32. The lowest BCUT2D eigenvalue weighted by atomic mass is 9.95. The van der Waals surface area contributed by atoms with E-state index in [2.05, 4.69) is 20.2 Å². The van der Waals surface area contributed by atoms with Crippen LogP contribution in [-0.4, -0.2) is 35.1 Å². The average Bonchev–Trinajstić information content (AvgIpc) is 2.86. The number of nitrogens with zero attached hydrogens (tertiary/aromatic N) is 2. The summed E-state index contributed by atoms with van der Waals surface area (Å²) < 4.78 is 2.13. The van der Waals surface area contributed by atoms with E-state index in [0.29, 0.717) is 18.9 Å². The number of hydrogen-bond donors (Lipinski definition) is 2. The van der Waals surface area contributed by atoms with Gasteiger partial charge in [-0.2, -0.15) is 0 Å². The summed E-state index contributed by atoms with van der Waals surface area (Å²) in [5.74, 6) is 0.699. The average molecular weight is 250 g/mol. The van der Waals surface area contributed by atoms with Crippen LogP contribution < -0.4 is 10.6 Å². The van der Waals surface area contributed by atoms with E-state index in [4.69, 9.17) is 0 Å². The molecule has 1 aromatic rings. The normalized spacial score (nSPS) is 16.7. The predicted molar refractivity (Wildman–Crippen MR) is 70.4 cm³/mol. The highest BCUT2D eigenvalue weighted by Crippen LogP contribution is 2.24. The van der Waals surface area contributed by atoms with Crippen LogP contribution in [0.25, 0.3) is 0 Å². The van der Waals surface area contributed by atoms with E-state index in [1.807, 2.05) is 19.4 Å². The summed E-state index contributed by atoms with van der Waals surface area (Å²) in [6.45, 7) is 5.52. The maximum absolute atomic E-state index is 11.5. The van der Waals surface area contributed by atoms with Crippen LogP contribution in [0, 0.1) is 0 Å². The zero-order chi connectivity index (χ0) is 12.8. The molecule has 0 radical (unpaired) electrons. The van der Waals surface area contributed by atoms with Gasteiger partial charge in [-0.15, -0.1) is 0 Å². The highest BCUT2D eigenvalue weighted by atomic mass is 16.1. The van der Waals surface area contributed by atoms with Gasteiger partial charge < -0.3 is 15.2 Å². The second-order valence-electron chi connectivity index (χ2n) is 4.74. The number of aryl methyl sites for hydroxylation is 1. The van der Waals surface area contributed by atoms with Crippen molar-refractivity contribution < 1.29 is 4.79 Å². The number of nitrogens with one attached hydrogen (secondary N) is 2. The summed E-state index contributed by atoms with van der Waals surface area (Å²) in [6.07, 6.45) is 6.65. The Morgan fingerprint density at radius 1 is 1.56 bits per heavy atom. The maximum Gasteiger partial charge on any atom is 0.221 e. The van der Waals surface area contributed by atoms with Crippen molar-refractivity contribution in [3.63, 3.8) is 0 Å². The van der Waals surface area contributed by atoms with Crippen LogP contribution in [0.1, 0.15) is 37.8 Å². The molecule has 0 saturated carbocycles. The first kappa shape index (κ1) is 13.1. The van der Waals surface area contributed by atoms with E-state index in [9.17, 15) is 4.79 Å². The van der Waals surface area contributed by atoms with Crippen molar-refractivity contribution >= 4 is 5.91 Å². The fourth-order valence-corrected chi connectivity index (χ4v) is 2.48. The smallest absolute Gasteiger partial charge is 0.221 e. The first-order chi connectivity index (χ1) is 8.81. The lowest BCUT2D eigenvalue weighted by Gasteiger charge is -2.23. The Morgan fingerprint density at radius 3 is 3.06 bits per heavy atom. The van der Waals surface area contributed by atoms with Crippen molar-refractivity contribution in [1.29, 1.82) is 0 Å². The van der Waals surface area contributed by atoms with Gasteiger partial charge in [0.2, 0.25) is 5.91 Å². The number of aromatic nitrogens is 2. The van der Waals surface area contributed by atoms with E-state index in [1.165, 1.54) is 5.69 Å². The molecular weight excluding hydrogens is 228 g/mol. The Balaban J connectivity index is 1.92. The quantitative estimate of drug-likeness (QED) is 0.815. The highest BCUT2D eigenvalue weighted by molar-refractivity contribution is 5.75. The van der Waals surface area contributed by atoms with Gasteiger partial charge in [0.25, 0.3) is 0 Å². The minimum atomic E-state index is 0.113. The number of rotatable bonds is 5. The third-order valence-corrected chi connectivity index (χ3v) is 3.46. The summed E-state index contributed by atoms with van der Waals surface area (Å²) in [5.41, 5.74) is 1.28. The number of carbonyl (C=O) groups is 1. The molecule has 100 valence electrons. The van der Waals surface area contributed by atoms with Crippen LogP contribution in [0.5, 0.6) is 0 Å². The van der Waals surface area contributed by atoms with E-state index in [-0.39, 0.29) is 5.91 Å². The van der Waals surface area contributed by atoms with E-state index in [1.54, 1.807) is 0 Å². The highest BCUT2D eigenvalue weighted by Gasteiger charge is 2.18. The van der Waals surface area contributed by atoms with Gasteiger partial charge in [0.1, 0.15) is 0 Å². The summed E-state index contributed by atoms with van der Waals surface area (Å²) in [5, 5.41) is 6.19. The topological polar surface area (TPSA) is 59.0 Å². The van der Waals surface area contributed by atoms with Crippen molar-refractivity contribution in [1.82, 2.24) is 20.2 Å². The van der Waals surface area contributed by atoms with Gasteiger partial charge in [-0.3, -0.25) is 4.79 Å². The monoisotopic (exact) mass is 250 g/mol. The standard InChI is InChI=1S/C13H22N4O/c1-2-16-13(18)5-8-17-10-15-9-12(17)11-3-6-14-7-4-11/h9-11,14H,2-8H2,1H3,(H,16,18).